The Labute approximate surface area is 183 Å². The van der Waals surface area contributed by atoms with Crippen LogP contribution >= 0.6 is 0 Å². The summed E-state index contributed by atoms with van der Waals surface area (Å²) in [7, 11) is 0. The summed E-state index contributed by atoms with van der Waals surface area (Å²) in [5.41, 5.74) is 5.61. The van der Waals surface area contributed by atoms with Crippen molar-refractivity contribution in [1.82, 2.24) is 9.97 Å². The number of carbonyl (C=O) groups is 1. The van der Waals surface area contributed by atoms with E-state index in [2.05, 4.69) is 51.4 Å². The second kappa shape index (κ2) is 8.08. The highest BCUT2D eigenvalue weighted by molar-refractivity contribution is 5.94. The molecule has 0 radical (unpaired) electrons. The van der Waals surface area contributed by atoms with E-state index in [1.54, 1.807) is 19.3 Å². The average molecular weight is 419 g/mol. The van der Waals surface area contributed by atoms with Gasteiger partial charge in [0.25, 0.3) is 0 Å². The molecule has 0 spiro atoms. The first kappa shape index (κ1) is 20.2. The molecule has 1 aromatic heterocycles. The van der Waals surface area contributed by atoms with Crippen molar-refractivity contribution >= 4 is 23.0 Å². The quantitative estimate of drug-likeness (QED) is 0.791. The molecule has 1 amide bonds. The first-order valence-corrected chi connectivity index (χ1v) is 11.3. The minimum absolute atomic E-state index is 0.0635. The van der Waals surface area contributed by atoms with Crippen molar-refractivity contribution in [2.24, 2.45) is 11.8 Å². The van der Waals surface area contributed by atoms with Crippen LogP contribution in [0.15, 0.2) is 36.7 Å². The first-order chi connectivity index (χ1) is 15.0. The molecule has 1 N–H and O–H groups in total. The van der Waals surface area contributed by atoms with Gasteiger partial charge in [-0.25, -0.2) is 4.98 Å². The molecule has 6 heteroatoms. The van der Waals surface area contributed by atoms with Gasteiger partial charge in [0.2, 0.25) is 5.91 Å². The molecule has 0 bridgehead atoms. The standard InChI is InChI=1S/C25H30N4O2/c1-15-13-27-23(14-26-15)28-24-16(2)25(19-4-5-19)29(17(3)30)22-7-6-20(12-21(22)24)18-8-10-31-11-9-18/h6-8,12-14,16,19,24-25H,4-5,9-11H2,1-3H3,(H,27,28)/t16-,24-,25-/m1/s1. The molecule has 1 fully saturated rings. The van der Waals surface area contributed by atoms with Gasteiger partial charge in [-0.05, 0) is 60.9 Å². The smallest absolute Gasteiger partial charge is 0.224 e. The molecule has 31 heavy (non-hydrogen) atoms. The maximum absolute atomic E-state index is 12.8. The van der Waals surface area contributed by atoms with Crippen molar-refractivity contribution < 1.29 is 9.53 Å². The summed E-state index contributed by atoms with van der Waals surface area (Å²) >= 11 is 0. The normalized spacial score (nSPS) is 25.6. The Morgan fingerprint density at radius 2 is 2.06 bits per heavy atom. The highest BCUT2D eigenvalue weighted by atomic mass is 16.5. The highest BCUT2D eigenvalue weighted by Gasteiger charge is 2.47. The number of ether oxygens (including phenoxy) is 1. The molecule has 0 saturated heterocycles. The largest absolute Gasteiger partial charge is 0.377 e. The van der Waals surface area contributed by atoms with Gasteiger partial charge in [-0.15, -0.1) is 0 Å². The molecule has 162 valence electrons. The third-order valence-corrected chi connectivity index (χ3v) is 6.85. The summed E-state index contributed by atoms with van der Waals surface area (Å²) in [5, 5.41) is 3.66. The lowest BCUT2D eigenvalue weighted by atomic mass is 9.79. The summed E-state index contributed by atoms with van der Waals surface area (Å²) in [5.74, 6) is 1.72. The molecular weight excluding hydrogens is 388 g/mol. The molecule has 0 unspecified atom stereocenters. The van der Waals surface area contributed by atoms with Gasteiger partial charge in [0, 0.05) is 24.6 Å². The molecular formula is C25H30N4O2. The van der Waals surface area contributed by atoms with Crippen molar-refractivity contribution in [2.45, 2.75) is 52.1 Å². The lowest BCUT2D eigenvalue weighted by Gasteiger charge is -2.46. The van der Waals surface area contributed by atoms with Crippen LogP contribution in [0.25, 0.3) is 5.57 Å². The molecule has 1 saturated carbocycles. The van der Waals surface area contributed by atoms with E-state index >= 15 is 0 Å². The van der Waals surface area contributed by atoms with E-state index in [1.165, 1.54) is 24.0 Å². The van der Waals surface area contributed by atoms with E-state index in [0.29, 0.717) is 12.5 Å². The van der Waals surface area contributed by atoms with E-state index in [4.69, 9.17) is 4.74 Å². The maximum atomic E-state index is 12.8. The second-order valence-corrected chi connectivity index (χ2v) is 9.07. The number of nitrogens with zero attached hydrogens (tertiary/aromatic N) is 3. The van der Waals surface area contributed by atoms with Crippen molar-refractivity contribution in [3.05, 3.63) is 53.5 Å². The Kier molecular flexibility index (Phi) is 5.26. The SMILES string of the molecule is CC(=O)N1c2ccc(C3=CCOCC3)cc2[C@H](Nc2cnc(C)cn2)[C@@H](C)[C@@H]1C1CC1. The van der Waals surface area contributed by atoms with Gasteiger partial charge >= 0.3 is 0 Å². The zero-order valence-corrected chi connectivity index (χ0v) is 18.5. The Morgan fingerprint density at radius 1 is 1.23 bits per heavy atom. The van der Waals surface area contributed by atoms with E-state index in [9.17, 15) is 4.79 Å². The molecule has 3 heterocycles. The number of anilines is 2. The van der Waals surface area contributed by atoms with Crippen LogP contribution in [0.2, 0.25) is 0 Å². The van der Waals surface area contributed by atoms with Gasteiger partial charge in [0.15, 0.2) is 0 Å². The Balaban J connectivity index is 1.60. The third kappa shape index (κ3) is 3.85. The van der Waals surface area contributed by atoms with Crippen LogP contribution in [0, 0.1) is 18.8 Å². The zero-order valence-electron chi connectivity index (χ0n) is 18.5. The summed E-state index contributed by atoms with van der Waals surface area (Å²) in [6.07, 6.45) is 9.06. The van der Waals surface area contributed by atoms with Crippen LogP contribution < -0.4 is 10.2 Å². The van der Waals surface area contributed by atoms with Gasteiger partial charge in [-0.2, -0.15) is 0 Å². The monoisotopic (exact) mass is 418 g/mol. The molecule has 6 nitrogen and oxygen atoms in total. The third-order valence-electron chi connectivity index (χ3n) is 6.85. The van der Waals surface area contributed by atoms with Crippen LogP contribution in [-0.4, -0.2) is 35.1 Å². The summed E-state index contributed by atoms with van der Waals surface area (Å²) in [6, 6.07) is 6.83. The summed E-state index contributed by atoms with van der Waals surface area (Å²) in [4.78, 5) is 23.8. The highest BCUT2D eigenvalue weighted by Crippen LogP contribution is 2.50. The molecule has 2 aromatic rings. The number of rotatable bonds is 4. The average Bonchev–Trinajstić information content (AvgIpc) is 3.62. The van der Waals surface area contributed by atoms with E-state index in [-0.39, 0.29) is 23.9 Å². The summed E-state index contributed by atoms with van der Waals surface area (Å²) < 4.78 is 5.50. The lowest BCUT2D eigenvalue weighted by Crippen LogP contribution is -2.51. The van der Waals surface area contributed by atoms with E-state index in [0.717, 1.165) is 35.8 Å². The number of aryl methyl sites for hydroxylation is 1. The minimum Gasteiger partial charge on any atom is -0.377 e. The topological polar surface area (TPSA) is 67.3 Å². The van der Waals surface area contributed by atoms with Gasteiger partial charge < -0.3 is 15.0 Å². The number of benzene rings is 1. The van der Waals surface area contributed by atoms with E-state index < -0.39 is 0 Å². The van der Waals surface area contributed by atoms with Crippen molar-refractivity contribution in [1.29, 1.82) is 0 Å². The number of hydrogen-bond acceptors (Lipinski definition) is 5. The second-order valence-electron chi connectivity index (χ2n) is 9.07. The number of nitrogens with one attached hydrogen (secondary N) is 1. The van der Waals surface area contributed by atoms with Crippen LogP contribution in [0.4, 0.5) is 11.5 Å². The number of fused-ring (bicyclic) bond motifs is 1. The molecule has 1 aromatic carbocycles. The van der Waals surface area contributed by atoms with Gasteiger partial charge in [-0.1, -0.05) is 19.1 Å². The Hall–Kier alpha value is -2.73. The van der Waals surface area contributed by atoms with Crippen LogP contribution in [0.5, 0.6) is 0 Å². The fourth-order valence-electron chi connectivity index (χ4n) is 5.18. The molecule has 5 rings (SSSR count). The fourth-order valence-corrected chi connectivity index (χ4v) is 5.18. The fraction of sp³-hybridized carbons (Fsp3) is 0.480. The lowest BCUT2D eigenvalue weighted by molar-refractivity contribution is -0.117. The van der Waals surface area contributed by atoms with Crippen LogP contribution in [0.1, 0.15) is 56.0 Å². The van der Waals surface area contributed by atoms with Gasteiger partial charge in [-0.3, -0.25) is 9.78 Å². The van der Waals surface area contributed by atoms with Gasteiger partial charge in [0.1, 0.15) is 5.82 Å². The maximum Gasteiger partial charge on any atom is 0.224 e. The van der Waals surface area contributed by atoms with Crippen LogP contribution in [-0.2, 0) is 9.53 Å². The Bertz CT molecular complexity index is 1010. The molecule has 3 atom stereocenters. The molecule has 2 aliphatic heterocycles. The van der Waals surface area contributed by atoms with Gasteiger partial charge in [0.05, 0.1) is 37.3 Å². The number of hydrogen-bond donors (Lipinski definition) is 1. The summed E-state index contributed by atoms with van der Waals surface area (Å²) in [6.45, 7) is 7.31. The predicted octanol–water partition coefficient (Wildman–Crippen LogP) is 4.52. The van der Waals surface area contributed by atoms with Crippen molar-refractivity contribution in [2.75, 3.05) is 23.4 Å². The molecule has 1 aliphatic carbocycles. The number of carbonyl (C=O) groups excluding carboxylic acids is 1. The predicted molar refractivity (Wildman–Crippen MR) is 122 cm³/mol. The zero-order chi connectivity index (χ0) is 21.5. The van der Waals surface area contributed by atoms with E-state index in [1.807, 2.05) is 6.92 Å². The first-order valence-electron chi connectivity index (χ1n) is 11.3. The van der Waals surface area contributed by atoms with Crippen LogP contribution in [0.3, 0.4) is 0 Å². The van der Waals surface area contributed by atoms with Crippen molar-refractivity contribution in [3.8, 4) is 0 Å². The van der Waals surface area contributed by atoms with Crippen molar-refractivity contribution in [3.63, 3.8) is 0 Å². The number of aromatic nitrogens is 2. The Morgan fingerprint density at radius 3 is 2.71 bits per heavy atom. The number of amides is 1. The minimum atomic E-state index is 0.0635. The molecule has 3 aliphatic rings.